The molecule has 2 aromatic rings. The summed E-state index contributed by atoms with van der Waals surface area (Å²) in [4.78, 5) is 4.35. The van der Waals surface area contributed by atoms with Crippen molar-refractivity contribution in [3.05, 3.63) is 34.3 Å². The fourth-order valence-electron chi connectivity index (χ4n) is 1.71. The number of thiophene rings is 1. The molecule has 0 amide bonds. The highest BCUT2D eigenvalue weighted by molar-refractivity contribution is 7.08. The van der Waals surface area contributed by atoms with Crippen LogP contribution in [0.5, 0.6) is 0 Å². The molecule has 0 aliphatic heterocycles. The van der Waals surface area contributed by atoms with E-state index >= 15 is 0 Å². The van der Waals surface area contributed by atoms with Crippen LogP contribution in [0.3, 0.4) is 0 Å². The number of nitrogens with zero attached hydrogens (tertiary/aromatic N) is 2. The summed E-state index contributed by atoms with van der Waals surface area (Å²) in [6, 6.07) is 0. The van der Waals surface area contributed by atoms with Gasteiger partial charge in [0.05, 0.1) is 6.54 Å². The van der Waals surface area contributed by atoms with Crippen LogP contribution in [0.15, 0.2) is 23.2 Å². The minimum atomic E-state index is 0.907. The normalized spacial score (nSPS) is 10.7. The molecule has 17 heavy (non-hydrogen) atoms. The van der Waals surface area contributed by atoms with Gasteiger partial charge in [-0.1, -0.05) is 13.3 Å². The number of imidazole rings is 1. The average Bonchev–Trinajstić information content (AvgIpc) is 2.91. The van der Waals surface area contributed by atoms with Gasteiger partial charge in [-0.15, -0.1) is 0 Å². The van der Waals surface area contributed by atoms with Gasteiger partial charge < -0.3 is 9.88 Å². The maximum atomic E-state index is 4.35. The molecule has 0 fully saturated rings. The van der Waals surface area contributed by atoms with Gasteiger partial charge in [-0.2, -0.15) is 11.3 Å². The van der Waals surface area contributed by atoms with E-state index in [-0.39, 0.29) is 0 Å². The van der Waals surface area contributed by atoms with E-state index in [0.29, 0.717) is 0 Å². The fourth-order valence-corrected chi connectivity index (χ4v) is 2.56. The van der Waals surface area contributed by atoms with Crippen LogP contribution in [0, 0.1) is 6.92 Å². The second kappa shape index (κ2) is 5.87. The number of rotatable bonds is 6. The van der Waals surface area contributed by atoms with E-state index in [2.05, 4.69) is 39.5 Å². The molecule has 2 heterocycles. The van der Waals surface area contributed by atoms with Crippen LogP contribution < -0.4 is 5.32 Å². The molecule has 0 saturated carbocycles. The number of anilines is 1. The number of hydrogen-bond donors (Lipinski definition) is 1. The second-order valence-corrected chi connectivity index (χ2v) is 4.98. The van der Waals surface area contributed by atoms with Gasteiger partial charge in [-0.05, 0) is 35.2 Å². The second-order valence-electron chi connectivity index (χ2n) is 4.24. The molecule has 0 radical (unpaired) electrons. The van der Waals surface area contributed by atoms with Gasteiger partial charge in [-0.3, -0.25) is 0 Å². The van der Waals surface area contributed by atoms with Gasteiger partial charge in [0.1, 0.15) is 0 Å². The molecule has 0 atom stereocenters. The zero-order valence-electron chi connectivity index (χ0n) is 10.4. The maximum absolute atomic E-state index is 4.35. The molecule has 0 aliphatic rings. The smallest absolute Gasteiger partial charge is 0.203 e. The lowest BCUT2D eigenvalue weighted by Gasteiger charge is -2.09. The molecule has 0 spiro atoms. The van der Waals surface area contributed by atoms with Crippen molar-refractivity contribution in [1.82, 2.24) is 9.55 Å². The molecule has 4 heteroatoms. The largest absolute Gasteiger partial charge is 0.356 e. The summed E-state index contributed by atoms with van der Waals surface area (Å²) in [5.41, 5.74) is 2.75. The third-order valence-corrected chi connectivity index (χ3v) is 3.74. The van der Waals surface area contributed by atoms with Crippen molar-refractivity contribution in [2.24, 2.45) is 0 Å². The topological polar surface area (TPSA) is 29.9 Å². The average molecular weight is 249 g/mol. The standard InChI is InChI=1S/C13H19N3S/c1-3-4-5-14-13-15-6-7-16(13)8-12-10-17-9-11(12)2/h6-7,9-10H,3-5,8H2,1-2H3,(H,14,15). The summed E-state index contributed by atoms with van der Waals surface area (Å²) in [6.07, 6.45) is 6.28. The Bertz CT molecular complexity index is 459. The van der Waals surface area contributed by atoms with Gasteiger partial charge in [0, 0.05) is 18.9 Å². The van der Waals surface area contributed by atoms with Crippen molar-refractivity contribution in [1.29, 1.82) is 0 Å². The molecular formula is C13H19N3S. The van der Waals surface area contributed by atoms with Crippen LogP contribution in [0.4, 0.5) is 5.95 Å². The number of hydrogen-bond acceptors (Lipinski definition) is 3. The Labute approximate surface area is 107 Å². The van der Waals surface area contributed by atoms with Crippen LogP contribution in [-0.2, 0) is 6.54 Å². The monoisotopic (exact) mass is 249 g/mol. The minimum Gasteiger partial charge on any atom is -0.356 e. The Morgan fingerprint density at radius 2 is 2.29 bits per heavy atom. The van der Waals surface area contributed by atoms with Gasteiger partial charge in [-0.25, -0.2) is 4.98 Å². The number of nitrogens with one attached hydrogen (secondary N) is 1. The third-order valence-electron chi connectivity index (χ3n) is 2.83. The van der Waals surface area contributed by atoms with Crippen molar-refractivity contribution >= 4 is 17.3 Å². The quantitative estimate of drug-likeness (QED) is 0.794. The molecule has 0 aliphatic carbocycles. The van der Waals surface area contributed by atoms with Crippen molar-refractivity contribution in [3.8, 4) is 0 Å². The van der Waals surface area contributed by atoms with Crippen LogP contribution >= 0.6 is 11.3 Å². The maximum Gasteiger partial charge on any atom is 0.203 e. The molecule has 92 valence electrons. The molecule has 2 rings (SSSR count). The Kier molecular flexibility index (Phi) is 4.20. The lowest BCUT2D eigenvalue weighted by molar-refractivity contribution is 0.774. The molecule has 2 aromatic heterocycles. The van der Waals surface area contributed by atoms with E-state index in [0.717, 1.165) is 19.0 Å². The lowest BCUT2D eigenvalue weighted by Crippen LogP contribution is -2.09. The first-order valence-corrected chi connectivity index (χ1v) is 7.02. The van der Waals surface area contributed by atoms with Crippen molar-refractivity contribution < 1.29 is 0 Å². The molecular weight excluding hydrogens is 230 g/mol. The summed E-state index contributed by atoms with van der Waals surface area (Å²) in [7, 11) is 0. The third kappa shape index (κ3) is 3.09. The van der Waals surface area contributed by atoms with Crippen LogP contribution in [0.1, 0.15) is 30.9 Å². The highest BCUT2D eigenvalue weighted by Crippen LogP contribution is 2.17. The fraction of sp³-hybridized carbons (Fsp3) is 0.462. The summed E-state index contributed by atoms with van der Waals surface area (Å²) in [6.45, 7) is 6.26. The van der Waals surface area contributed by atoms with Crippen LogP contribution in [0.25, 0.3) is 0 Å². The Hall–Kier alpha value is -1.29. The van der Waals surface area contributed by atoms with Crippen molar-refractivity contribution in [2.45, 2.75) is 33.2 Å². The highest BCUT2D eigenvalue weighted by atomic mass is 32.1. The number of aryl methyl sites for hydroxylation is 1. The first kappa shape index (κ1) is 12.2. The zero-order valence-corrected chi connectivity index (χ0v) is 11.3. The SMILES string of the molecule is CCCCNc1nccn1Cc1cscc1C. The van der Waals surface area contributed by atoms with E-state index in [9.17, 15) is 0 Å². The minimum absolute atomic E-state index is 0.907. The molecule has 3 nitrogen and oxygen atoms in total. The summed E-state index contributed by atoms with van der Waals surface area (Å²) < 4.78 is 2.17. The van der Waals surface area contributed by atoms with Crippen LogP contribution in [-0.4, -0.2) is 16.1 Å². The molecule has 0 aromatic carbocycles. The van der Waals surface area contributed by atoms with E-state index in [4.69, 9.17) is 0 Å². The van der Waals surface area contributed by atoms with Gasteiger partial charge >= 0.3 is 0 Å². The molecule has 0 bridgehead atoms. The summed E-state index contributed by atoms with van der Waals surface area (Å²) >= 11 is 1.76. The van der Waals surface area contributed by atoms with E-state index in [1.165, 1.54) is 24.0 Å². The Balaban J connectivity index is 2.01. The Morgan fingerprint density at radius 3 is 3.00 bits per heavy atom. The summed E-state index contributed by atoms with van der Waals surface area (Å²) in [5, 5.41) is 7.79. The molecule has 0 unspecified atom stereocenters. The zero-order chi connectivity index (χ0) is 12.1. The molecule has 0 saturated heterocycles. The summed E-state index contributed by atoms with van der Waals surface area (Å²) in [5.74, 6) is 0.976. The van der Waals surface area contributed by atoms with E-state index < -0.39 is 0 Å². The number of aromatic nitrogens is 2. The van der Waals surface area contributed by atoms with Gasteiger partial charge in [0.25, 0.3) is 0 Å². The predicted octanol–water partition coefficient (Wildman–Crippen LogP) is 3.51. The first-order chi connectivity index (χ1) is 8.31. The number of unbranched alkanes of at least 4 members (excludes halogenated alkanes) is 1. The van der Waals surface area contributed by atoms with E-state index in [1.54, 1.807) is 11.3 Å². The van der Waals surface area contributed by atoms with Gasteiger partial charge in [0.15, 0.2) is 0 Å². The van der Waals surface area contributed by atoms with Crippen molar-refractivity contribution in [2.75, 3.05) is 11.9 Å². The van der Waals surface area contributed by atoms with Gasteiger partial charge in [0.2, 0.25) is 5.95 Å². The first-order valence-electron chi connectivity index (χ1n) is 6.08. The van der Waals surface area contributed by atoms with E-state index in [1.807, 2.05) is 12.4 Å². The molecule has 1 N–H and O–H groups in total. The van der Waals surface area contributed by atoms with Crippen molar-refractivity contribution in [3.63, 3.8) is 0 Å². The van der Waals surface area contributed by atoms with Crippen LogP contribution in [0.2, 0.25) is 0 Å². The Morgan fingerprint density at radius 1 is 1.41 bits per heavy atom. The predicted molar refractivity (Wildman–Crippen MR) is 73.8 cm³/mol. The lowest BCUT2D eigenvalue weighted by atomic mass is 10.2. The highest BCUT2D eigenvalue weighted by Gasteiger charge is 2.05.